The predicted octanol–water partition coefficient (Wildman–Crippen LogP) is 3.25. The Labute approximate surface area is 153 Å². The second-order valence-corrected chi connectivity index (χ2v) is 8.12. The number of alkyl halides is 1. The van der Waals surface area contributed by atoms with Gasteiger partial charge in [0, 0.05) is 12.0 Å². The molecular formula is C19H27FN2O4. The van der Waals surface area contributed by atoms with Crippen molar-refractivity contribution in [1.82, 2.24) is 9.80 Å². The fraction of sp³-hybridized carbons (Fsp3) is 0.579. The lowest BCUT2D eigenvalue weighted by Gasteiger charge is -2.53. The summed E-state index contributed by atoms with van der Waals surface area (Å²) >= 11 is 0. The third-order valence-electron chi connectivity index (χ3n) is 4.81. The Morgan fingerprint density at radius 3 is 2.46 bits per heavy atom. The molecule has 3 unspecified atom stereocenters. The fourth-order valence-corrected chi connectivity index (χ4v) is 3.60. The zero-order valence-corrected chi connectivity index (χ0v) is 15.9. The van der Waals surface area contributed by atoms with Gasteiger partial charge in [-0.15, -0.1) is 0 Å². The highest BCUT2D eigenvalue weighted by atomic mass is 19.1. The van der Waals surface area contributed by atoms with Gasteiger partial charge in [0.25, 0.3) is 0 Å². The standard InChI is InChI=1S/C19H27FN2O4/c1-12-11-21(16(24)18(2,3)4)15(19(5,20)22(12)17(25)26)10-13-7-6-8-14(23)9-13/h6-9,12,15,23H,10-11H2,1-5H3,(H,25,26). The van der Waals surface area contributed by atoms with Crippen LogP contribution in [0.5, 0.6) is 5.75 Å². The highest BCUT2D eigenvalue weighted by Crippen LogP contribution is 2.37. The largest absolute Gasteiger partial charge is 0.508 e. The number of rotatable bonds is 2. The van der Waals surface area contributed by atoms with Crippen molar-refractivity contribution in [3.8, 4) is 5.75 Å². The van der Waals surface area contributed by atoms with Crippen molar-refractivity contribution in [3.63, 3.8) is 0 Å². The number of halogens is 1. The molecule has 0 radical (unpaired) electrons. The van der Waals surface area contributed by atoms with Crippen LogP contribution in [0.2, 0.25) is 0 Å². The summed E-state index contributed by atoms with van der Waals surface area (Å²) in [6, 6.07) is 4.69. The maximum absolute atomic E-state index is 15.8. The molecule has 1 heterocycles. The summed E-state index contributed by atoms with van der Waals surface area (Å²) in [7, 11) is 0. The zero-order valence-electron chi connectivity index (χ0n) is 15.9. The second-order valence-electron chi connectivity index (χ2n) is 8.12. The molecule has 3 atom stereocenters. The second kappa shape index (κ2) is 6.78. The van der Waals surface area contributed by atoms with E-state index in [0.717, 1.165) is 4.90 Å². The van der Waals surface area contributed by atoms with Gasteiger partial charge in [-0.25, -0.2) is 9.18 Å². The highest BCUT2D eigenvalue weighted by Gasteiger charge is 2.54. The molecule has 1 aliphatic heterocycles. The number of carbonyl (C=O) groups excluding carboxylic acids is 1. The van der Waals surface area contributed by atoms with E-state index in [2.05, 4.69) is 0 Å². The number of phenols is 1. The van der Waals surface area contributed by atoms with Crippen molar-refractivity contribution in [1.29, 1.82) is 0 Å². The zero-order chi connectivity index (χ0) is 19.9. The van der Waals surface area contributed by atoms with Crippen LogP contribution < -0.4 is 0 Å². The molecule has 1 saturated heterocycles. The number of carbonyl (C=O) groups is 2. The molecule has 0 aliphatic carbocycles. The summed E-state index contributed by atoms with van der Waals surface area (Å²) in [5.74, 6) is -2.46. The van der Waals surface area contributed by atoms with Crippen LogP contribution in [0.25, 0.3) is 0 Å². The third-order valence-corrected chi connectivity index (χ3v) is 4.81. The molecule has 1 aromatic rings. The molecule has 0 spiro atoms. The number of phenolic OH excluding ortho intramolecular Hbond substituents is 1. The summed E-state index contributed by atoms with van der Waals surface area (Å²) < 4.78 is 15.8. The van der Waals surface area contributed by atoms with Crippen molar-refractivity contribution >= 4 is 12.0 Å². The molecule has 0 bridgehead atoms. The van der Waals surface area contributed by atoms with Gasteiger partial charge in [0.1, 0.15) is 5.75 Å². The molecule has 0 aromatic heterocycles. The Morgan fingerprint density at radius 2 is 1.96 bits per heavy atom. The minimum Gasteiger partial charge on any atom is -0.508 e. The number of benzene rings is 1. The van der Waals surface area contributed by atoms with E-state index in [1.165, 1.54) is 24.0 Å². The molecule has 1 fully saturated rings. The molecule has 2 amide bonds. The van der Waals surface area contributed by atoms with Gasteiger partial charge >= 0.3 is 6.09 Å². The highest BCUT2D eigenvalue weighted by molar-refractivity contribution is 5.82. The summed E-state index contributed by atoms with van der Waals surface area (Å²) in [6.07, 6.45) is -1.26. The number of piperazine rings is 1. The number of nitrogens with zero attached hydrogens (tertiary/aromatic N) is 2. The van der Waals surface area contributed by atoms with Crippen LogP contribution in [0.15, 0.2) is 24.3 Å². The lowest BCUT2D eigenvalue weighted by atomic mass is 9.87. The molecule has 1 aromatic carbocycles. The molecule has 7 heteroatoms. The normalized spacial score (nSPS) is 26.7. The Kier molecular flexibility index (Phi) is 5.21. The number of amides is 2. The molecule has 1 aliphatic rings. The van der Waals surface area contributed by atoms with Crippen LogP contribution in [0.1, 0.15) is 40.2 Å². The van der Waals surface area contributed by atoms with Crippen molar-refractivity contribution < 1.29 is 24.2 Å². The Balaban J connectivity index is 2.49. The van der Waals surface area contributed by atoms with Gasteiger partial charge in [0.15, 0.2) is 0 Å². The van der Waals surface area contributed by atoms with Crippen molar-refractivity contribution in [2.24, 2.45) is 5.41 Å². The van der Waals surface area contributed by atoms with Crippen molar-refractivity contribution in [2.75, 3.05) is 6.54 Å². The summed E-state index contributed by atoms with van der Waals surface area (Å²) in [5.41, 5.74) is -0.0939. The Hall–Kier alpha value is -2.31. The number of hydrogen-bond acceptors (Lipinski definition) is 3. The first kappa shape index (κ1) is 20.0. The molecule has 144 valence electrons. The van der Waals surface area contributed by atoms with Gasteiger partial charge in [-0.3, -0.25) is 9.69 Å². The molecule has 6 nitrogen and oxygen atoms in total. The third kappa shape index (κ3) is 3.76. The van der Waals surface area contributed by atoms with Gasteiger partial charge in [-0.05, 0) is 38.0 Å². The summed E-state index contributed by atoms with van der Waals surface area (Å²) in [4.78, 5) is 26.8. The van der Waals surface area contributed by atoms with Crippen LogP contribution in [0.4, 0.5) is 9.18 Å². The van der Waals surface area contributed by atoms with Crippen LogP contribution in [0, 0.1) is 5.41 Å². The maximum Gasteiger partial charge on any atom is 0.410 e. The van der Waals surface area contributed by atoms with E-state index in [1.54, 1.807) is 39.8 Å². The first-order valence-electron chi connectivity index (χ1n) is 8.66. The minimum absolute atomic E-state index is 0.0380. The maximum atomic E-state index is 15.8. The van der Waals surface area contributed by atoms with E-state index in [9.17, 15) is 19.8 Å². The topological polar surface area (TPSA) is 81.1 Å². The molecule has 2 N–H and O–H groups in total. The smallest absolute Gasteiger partial charge is 0.410 e. The average molecular weight is 366 g/mol. The van der Waals surface area contributed by atoms with Crippen molar-refractivity contribution in [3.05, 3.63) is 29.8 Å². The van der Waals surface area contributed by atoms with E-state index in [4.69, 9.17) is 0 Å². The fourth-order valence-electron chi connectivity index (χ4n) is 3.60. The van der Waals surface area contributed by atoms with Crippen LogP contribution >= 0.6 is 0 Å². The number of aromatic hydroxyl groups is 1. The number of hydrogen-bond donors (Lipinski definition) is 2. The van der Waals surface area contributed by atoms with E-state index >= 15 is 4.39 Å². The van der Waals surface area contributed by atoms with Gasteiger partial charge in [-0.1, -0.05) is 32.9 Å². The predicted molar refractivity (Wildman–Crippen MR) is 95.6 cm³/mol. The van der Waals surface area contributed by atoms with Crippen molar-refractivity contribution in [2.45, 2.75) is 58.9 Å². The molecular weight excluding hydrogens is 339 g/mol. The lowest BCUT2D eigenvalue weighted by molar-refractivity contribution is -0.168. The molecule has 0 saturated carbocycles. The lowest BCUT2D eigenvalue weighted by Crippen LogP contribution is -2.71. The van der Waals surface area contributed by atoms with Crippen LogP contribution in [-0.2, 0) is 11.2 Å². The minimum atomic E-state index is -2.27. The van der Waals surface area contributed by atoms with E-state index in [0.29, 0.717) is 5.56 Å². The summed E-state index contributed by atoms with van der Waals surface area (Å²) in [6.45, 7) is 8.18. The van der Waals surface area contributed by atoms with E-state index in [-0.39, 0.29) is 24.6 Å². The quantitative estimate of drug-likeness (QED) is 0.788. The SMILES string of the molecule is CC1CN(C(=O)C(C)(C)C)C(Cc2cccc(O)c2)C(C)(F)N1C(=O)O. The first-order chi connectivity index (χ1) is 11.9. The monoisotopic (exact) mass is 366 g/mol. The van der Waals surface area contributed by atoms with E-state index < -0.39 is 29.4 Å². The average Bonchev–Trinajstić information content (AvgIpc) is 2.47. The van der Waals surface area contributed by atoms with Crippen LogP contribution in [-0.4, -0.2) is 56.4 Å². The Bertz CT molecular complexity index is 699. The molecule has 26 heavy (non-hydrogen) atoms. The van der Waals surface area contributed by atoms with Gasteiger partial charge in [-0.2, -0.15) is 0 Å². The van der Waals surface area contributed by atoms with Crippen LogP contribution in [0.3, 0.4) is 0 Å². The van der Waals surface area contributed by atoms with Gasteiger partial charge in [0.2, 0.25) is 11.7 Å². The Morgan fingerprint density at radius 1 is 1.35 bits per heavy atom. The molecule has 2 rings (SSSR count). The van der Waals surface area contributed by atoms with Gasteiger partial charge in [0.05, 0.1) is 12.1 Å². The van der Waals surface area contributed by atoms with Gasteiger partial charge < -0.3 is 15.1 Å². The first-order valence-corrected chi connectivity index (χ1v) is 8.66. The summed E-state index contributed by atoms with van der Waals surface area (Å²) in [5, 5.41) is 19.2. The number of carboxylic acid groups (broad SMARTS) is 1. The van der Waals surface area contributed by atoms with E-state index in [1.807, 2.05) is 0 Å².